The van der Waals surface area contributed by atoms with Crippen molar-refractivity contribution in [2.24, 2.45) is 11.3 Å². The van der Waals surface area contributed by atoms with Crippen molar-refractivity contribution < 1.29 is 8.42 Å². The highest BCUT2D eigenvalue weighted by Crippen LogP contribution is 2.36. The zero-order valence-electron chi connectivity index (χ0n) is 11.5. The van der Waals surface area contributed by atoms with Gasteiger partial charge < -0.3 is 0 Å². The summed E-state index contributed by atoms with van der Waals surface area (Å²) in [4.78, 5) is 0. The lowest BCUT2D eigenvalue weighted by molar-refractivity contribution is 0.154. The Bertz CT molecular complexity index is 537. The molecule has 0 amide bonds. The van der Waals surface area contributed by atoms with E-state index in [4.69, 9.17) is 0 Å². The second-order valence-electron chi connectivity index (χ2n) is 6.10. The first-order chi connectivity index (χ1) is 8.71. The maximum Gasteiger partial charge on any atom is 0.252 e. The van der Waals surface area contributed by atoms with Gasteiger partial charge in [-0.2, -0.15) is 4.31 Å². The standard InChI is InChI=1S/C13H20BrNO2S2/c1-13(2,3)10-6-8-15(9-7-10)19(16,17)12-5-4-11(14)18-12/h4-5,10H,6-9H2,1-3H3. The van der Waals surface area contributed by atoms with Crippen LogP contribution in [0.1, 0.15) is 33.6 Å². The zero-order chi connectivity index (χ0) is 14.3. The van der Waals surface area contributed by atoms with Gasteiger partial charge in [0.25, 0.3) is 10.0 Å². The molecule has 19 heavy (non-hydrogen) atoms. The van der Waals surface area contributed by atoms with Crippen molar-refractivity contribution in [1.29, 1.82) is 0 Å². The summed E-state index contributed by atoms with van der Waals surface area (Å²) < 4.78 is 27.9. The molecule has 108 valence electrons. The normalized spacial score (nSPS) is 19.8. The topological polar surface area (TPSA) is 37.4 Å². The molecule has 0 radical (unpaired) electrons. The molecule has 0 atom stereocenters. The number of nitrogens with zero attached hydrogens (tertiary/aromatic N) is 1. The Kier molecular flexibility index (Phi) is 4.45. The Morgan fingerprint density at radius 2 is 1.84 bits per heavy atom. The van der Waals surface area contributed by atoms with Crippen molar-refractivity contribution in [2.75, 3.05) is 13.1 Å². The quantitative estimate of drug-likeness (QED) is 0.795. The number of hydrogen-bond acceptors (Lipinski definition) is 3. The summed E-state index contributed by atoms with van der Waals surface area (Å²) in [5.41, 5.74) is 0.266. The minimum atomic E-state index is -3.29. The molecular weight excluding hydrogens is 346 g/mol. The molecule has 1 saturated heterocycles. The minimum absolute atomic E-state index is 0.266. The fourth-order valence-electron chi connectivity index (χ4n) is 2.53. The van der Waals surface area contributed by atoms with Crippen LogP contribution in [0.3, 0.4) is 0 Å². The van der Waals surface area contributed by atoms with E-state index in [1.165, 1.54) is 11.3 Å². The number of halogens is 1. The van der Waals surface area contributed by atoms with E-state index in [-0.39, 0.29) is 5.41 Å². The molecule has 0 N–H and O–H groups in total. The number of rotatable bonds is 2. The van der Waals surface area contributed by atoms with Gasteiger partial charge >= 0.3 is 0 Å². The van der Waals surface area contributed by atoms with Gasteiger partial charge in [0.05, 0.1) is 3.79 Å². The third kappa shape index (κ3) is 3.40. The van der Waals surface area contributed by atoms with E-state index in [0.717, 1.165) is 16.6 Å². The molecule has 0 aliphatic carbocycles. The lowest BCUT2D eigenvalue weighted by Gasteiger charge is -2.37. The van der Waals surface area contributed by atoms with E-state index in [0.29, 0.717) is 23.2 Å². The SMILES string of the molecule is CC(C)(C)C1CCN(S(=O)(=O)c2ccc(Br)s2)CC1. The van der Waals surface area contributed by atoms with E-state index in [2.05, 4.69) is 36.7 Å². The smallest absolute Gasteiger partial charge is 0.206 e. The average Bonchev–Trinajstić information content (AvgIpc) is 2.76. The van der Waals surface area contributed by atoms with Crippen LogP contribution in [0.2, 0.25) is 0 Å². The average molecular weight is 366 g/mol. The second kappa shape index (κ2) is 5.47. The number of piperidine rings is 1. The van der Waals surface area contributed by atoms with Crippen molar-refractivity contribution in [3.05, 3.63) is 15.9 Å². The molecule has 0 unspecified atom stereocenters. The third-order valence-electron chi connectivity index (χ3n) is 3.82. The maximum atomic E-state index is 12.5. The first kappa shape index (κ1) is 15.5. The van der Waals surface area contributed by atoms with Gasteiger partial charge in [-0.05, 0) is 52.2 Å². The molecule has 1 aliphatic heterocycles. The third-order valence-corrected chi connectivity index (χ3v) is 7.81. The van der Waals surface area contributed by atoms with E-state index in [1.54, 1.807) is 16.4 Å². The van der Waals surface area contributed by atoms with Crippen LogP contribution in [0.4, 0.5) is 0 Å². The van der Waals surface area contributed by atoms with Crippen molar-refractivity contribution >= 4 is 37.3 Å². The van der Waals surface area contributed by atoms with Gasteiger partial charge in [-0.25, -0.2) is 8.42 Å². The first-order valence-electron chi connectivity index (χ1n) is 6.47. The summed E-state index contributed by atoms with van der Waals surface area (Å²) in [6, 6.07) is 3.47. The number of thiophene rings is 1. The molecule has 1 aliphatic rings. The van der Waals surface area contributed by atoms with Gasteiger partial charge in [-0.15, -0.1) is 11.3 Å². The molecule has 2 heterocycles. The van der Waals surface area contributed by atoms with E-state index in [1.807, 2.05) is 0 Å². The van der Waals surface area contributed by atoms with Crippen molar-refractivity contribution in [3.63, 3.8) is 0 Å². The van der Waals surface area contributed by atoms with E-state index >= 15 is 0 Å². The Morgan fingerprint density at radius 3 is 2.26 bits per heavy atom. The molecule has 1 aromatic heterocycles. The highest BCUT2D eigenvalue weighted by Gasteiger charge is 2.34. The van der Waals surface area contributed by atoms with Crippen LogP contribution in [0, 0.1) is 11.3 Å². The molecular formula is C13H20BrNO2S2. The number of hydrogen-bond donors (Lipinski definition) is 0. The lowest BCUT2D eigenvalue weighted by atomic mass is 9.76. The largest absolute Gasteiger partial charge is 0.252 e. The van der Waals surface area contributed by atoms with Gasteiger partial charge in [-0.3, -0.25) is 0 Å². The van der Waals surface area contributed by atoms with Gasteiger partial charge in [0, 0.05) is 13.1 Å². The second-order valence-corrected chi connectivity index (χ2v) is 10.7. The minimum Gasteiger partial charge on any atom is -0.206 e. The highest BCUT2D eigenvalue weighted by molar-refractivity contribution is 9.11. The Morgan fingerprint density at radius 1 is 1.26 bits per heavy atom. The van der Waals surface area contributed by atoms with Crippen molar-refractivity contribution in [2.45, 2.75) is 37.8 Å². The molecule has 2 rings (SSSR count). The van der Waals surface area contributed by atoms with Gasteiger partial charge in [-0.1, -0.05) is 20.8 Å². The summed E-state index contributed by atoms with van der Waals surface area (Å²) in [6.45, 7) is 7.98. The summed E-state index contributed by atoms with van der Waals surface area (Å²) in [7, 11) is -3.29. The van der Waals surface area contributed by atoms with Crippen LogP contribution >= 0.6 is 27.3 Å². The summed E-state index contributed by atoms with van der Waals surface area (Å²) in [5.74, 6) is 0.606. The van der Waals surface area contributed by atoms with Gasteiger partial charge in [0.2, 0.25) is 0 Å². The molecule has 0 saturated carbocycles. The van der Waals surface area contributed by atoms with Crippen LogP contribution in [0.15, 0.2) is 20.1 Å². The first-order valence-corrected chi connectivity index (χ1v) is 9.52. The predicted octanol–water partition coefficient (Wildman–Crippen LogP) is 3.96. The van der Waals surface area contributed by atoms with Crippen molar-refractivity contribution in [1.82, 2.24) is 4.31 Å². The van der Waals surface area contributed by atoms with E-state index < -0.39 is 10.0 Å². The Hall–Kier alpha value is 0.0900. The lowest BCUT2D eigenvalue weighted by Crippen LogP contribution is -2.41. The zero-order valence-corrected chi connectivity index (χ0v) is 14.7. The molecule has 6 heteroatoms. The summed E-state index contributed by atoms with van der Waals surface area (Å²) in [5, 5.41) is 0. The molecule has 0 aromatic carbocycles. The highest BCUT2D eigenvalue weighted by atomic mass is 79.9. The number of sulfonamides is 1. The molecule has 1 aromatic rings. The maximum absolute atomic E-state index is 12.5. The predicted molar refractivity (Wildman–Crippen MR) is 83.0 cm³/mol. The van der Waals surface area contributed by atoms with Crippen LogP contribution < -0.4 is 0 Å². The van der Waals surface area contributed by atoms with Gasteiger partial charge in [0.15, 0.2) is 0 Å². The van der Waals surface area contributed by atoms with Gasteiger partial charge in [0.1, 0.15) is 4.21 Å². The summed E-state index contributed by atoms with van der Waals surface area (Å²) >= 11 is 4.60. The molecule has 0 bridgehead atoms. The van der Waals surface area contributed by atoms with Crippen molar-refractivity contribution in [3.8, 4) is 0 Å². The van der Waals surface area contributed by atoms with Crippen LogP contribution in [-0.4, -0.2) is 25.8 Å². The van der Waals surface area contributed by atoms with Crippen LogP contribution in [-0.2, 0) is 10.0 Å². The van der Waals surface area contributed by atoms with E-state index in [9.17, 15) is 8.42 Å². The molecule has 0 spiro atoms. The molecule has 3 nitrogen and oxygen atoms in total. The Labute approximate surface area is 128 Å². The fourth-order valence-corrected chi connectivity index (χ4v) is 6.16. The van der Waals surface area contributed by atoms with Crippen LogP contribution in [0.5, 0.6) is 0 Å². The Balaban J connectivity index is 2.09. The summed E-state index contributed by atoms with van der Waals surface area (Å²) in [6.07, 6.45) is 1.91. The monoisotopic (exact) mass is 365 g/mol. The molecule has 1 fully saturated rings. The van der Waals surface area contributed by atoms with Crippen LogP contribution in [0.25, 0.3) is 0 Å². The fraction of sp³-hybridized carbons (Fsp3) is 0.692.